The number of hydrogen-bond donors (Lipinski definition) is 5. The van der Waals surface area contributed by atoms with Gasteiger partial charge in [-0.1, -0.05) is 0 Å². The molecule has 0 aliphatic rings. The van der Waals surface area contributed by atoms with Crippen molar-refractivity contribution in [1.29, 1.82) is 0 Å². The number of carboxylic acids is 5. The second kappa shape index (κ2) is 10.1. The van der Waals surface area contributed by atoms with Gasteiger partial charge in [0.05, 0.1) is 12.8 Å². The molecule has 0 spiro atoms. The molecule has 0 unspecified atom stereocenters. The molecule has 0 aliphatic heterocycles. The Hall–Kier alpha value is -0.650. The number of aliphatic carboxylic acids is 5. The van der Waals surface area contributed by atoms with E-state index < -0.39 is 54.0 Å². The molecular formula is C9H10Na2O10+2. The first-order valence-electron chi connectivity index (χ1n) is 4.67. The maximum absolute atomic E-state index is 11.1. The van der Waals surface area contributed by atoms with Gasteiger partial charge < -0.3 is 25.5 Å². The molecule has 0 saturated carbocycles. The summed E-state index contributed by atoms with van der Waals surface area (Å²) in [4.78, 5) is 54.0. The summed E-state index contributed by atoms with van der Waals surface area (Å²) in [6, 6.07) is 0. The van der Waals surface area contributed by atoms with Crippen LogP contribution in [0.2, 0.25) is 0 Å². The van der Waals surface area contributed by atoms with Crippen molar-refractivity contribution >= 4 is 29.8 Å². The van der Waals surface area contributed by atoms with E-state index in [1.807, 2.05) is 0 Å². The molecule has 0 fully saturated rings. The van der Waals surface area contributed by atoms with E-state index in [0.717, 1.165) is 0 Å². The van der Waals surface area contributed by atoms with Crippen molar-refractivity contribution in [2.75, 3.05) is 0 Å². The molecule has 0 radical (unpaired) electrons. The Labute approximate surface area is 161 Å². The Morgan fingerprint density at radius 3 is 1.14 bits per heavy atom. The molecule has 12 heteroatoms. The quantitative estimate of drug-likeness (QED) is 0.212. The van der Waals surface area contributed by atoms with Gasteiger partial charge >= 0.3 is 89.0 Å². The molecule has 0 aromatic carbocycles. The van der Waals surface area contributed by atoms with Crippen molar-refractivity contribution in [1.82, 2.24) is 0 Å². The summed E-state index contributed by atoms with van der Waals surface area (Å²) in [5.74, 6) is -12.7. The summed E-state index contributed by atoms with van der Waals surface area (Å²) < 4.78 is 0. The molecule has 0 aromatic heterocycles. The van der Waals surface area contributed by atoms with Crippen LogP contribution in [-0.2, 0) is 24.0 Å². The standard InChI is InChI=1S/C9H10O10.2Na/c10-3(11)1-9(8(18)19,2-4(12)13)5(6(14)15)7(16)17;;/h5H,1-2H2,(H,10,11)(H,12,13)(H,14,15)(H,16,17)(H,18,19);;/q;2*+1. The topological polar surface area (TPSA) is 186 Å². The van der Waals surface area contributed by atoms with Gasteiger partial charge in [-0.3, -0.25) is 24.0 Å². The normalized spacial score (nSPS) is 9.95. The minimum Gasteiger partial charge on any atom is -0.481 e. The van der Waals surface area contributed by atoms with Gasteiger partial charge in [0, 0.05) is 0 Å². The fraction of sp³-hybridized carbons (Fsp3) is 0.444. The van der Waals surface area contributed by atoms with Crippen molar-refractivity contribution in [3.8, 4) is 0 Å². The van der Waals surface area contributed by atoms with Crippen LogP contribution in [0, 0.1) is 11.3 Å². The number of carbonyl (C=O) groups is 5. The van der Waals surface area contributed by atoms with Gasteiger partial charge in [-0.25, -0.2) is 0 Å². The van der Waals surface area contributed by atoms with Gasteiger partial charge in [0.1, 0.15) is 5.41 Å². The fourth-order valence-corrected chi connectivity index (χ4v) is 1.66. The van der Waals surface area contributed by atoms with Crippen LogP contribution < -0.4 is 59.1 Å². The van der Waals surface area contributed by atoms with Crippen LogP contribution in [0.15, 0.2) is 0 Å². The predicted molar refractivity (Wildman–Crippen MR) is 53.3 cm³/mol. The molecule has 21 heavy (non-hydrogen) atoms. The summed E-state index contributed by atoms with van der Waals surface area (Å²) >= 11 is 0. The second-order valence-corrected chi connectivity index (χ2v) is 3.71. The van der Waals surface area contributed by atoms with Crippen LogP contribution in [0.3, 0.4) is 0 Å². The molecule has 0 aliphatic carbocycles. The van der Waals surface area contributed by atoms with Crippen molar-refractivity contribution in [3.63, 3.8) is 0 Å². The number of hydrogen-bond acceptors (Lipinski definition) is 5. The third kappa shape index (κ3) is 6.76. The summed E-state index contributed by atoms with van der Waals surface area (Å²) in [5, 5.41) is 43.5. The van der Waals surface area contributed by atoms with Gasteiger partial charge in [-0.05, 0) is 0 Å². The molecular weight excluding hydrogens is 314 g/mol. The van der Waals surface area contributed by atoms with E-state index in [2.05, 4.69) is 0 Å². The first kappa shape index (κ1) is 25.3. The van der Waals surface area contributed by atoms with E-state index in [4.69, 9.17) is 25.5 Å². The van der Waals surface area contributed by atoms with Crippen LogP contribution in [0.4, 0.5) is 0 Å². The largest absolute Gasteiger partial charge is 1.00 e. The van der Waals surface area contributed by atoms with Gasteiger partial charge in [0.25, 0.3) is 0 Å². The van der Waals surface area contributed by atoms with Crippen LogP contribution in [0.5, 0.6) is 0 Å². The molecule has 0 saturated heterocycles. The van der Waals surface area contributed by atoms with Crippen LogP contribution in [0.1, 0.15) is 12.8 Å². The average molecular weight is 324 g/mol. The van der Waals surface area contributed by atoms with Gasteiger partial charge in [0.15, 0.2) is 5.92 Å². The van der Waals surface area contributed by atoms with Crippen molar-refractivity contribution in [2.24, 2.45) is 11.3 Å². The third-order valence-electron chi connectivity index (χ3n) is 2.41. The van der Waals surface area contributed by atoms with Gasteiger partial charge in [-0.2, -0.15) is 0 Å². The maximum atomic E-state index is 11.1. The van der Waals surface area contributed by atoms with Crippen molar-refractivity contribution in [2.45, 2.75) is 12.8 Å². The van der Waals surface area contributed by atoms with Crippen LogP contribution >= 0.6 is 0 Å². The molecule has 0 rings (SSSR count). The first-order chi connectivity index (χ1) is 8.54. The summed E-state index contributed by atoms with van der Waals surface area (Å²) in [6.45, 7) is 0. The predicted octanol–water partition coefficient (Wildman–Crippen LogP) is -7.20. The van der Waals surface area contributed by atoms with Crippen LogP contribution in [-0.4, -0.2) is 55.4 Å². The second-order valence-electron chi connectivity index (χ2n) is 3.71. The Bertz CT molecular complexity index is 416. The molecule has 0 atom stereocenters. The van der Waals surface area contributed by atoms with E-state index in [1.54, 1.807) is 0 Å². The zero-order valence-electron chi connectivity index (χ0n) is 11.3. The Morgan fingerprint density at radius 2 is 1.00 bits per heavy atom. The zero-order valence-corrected chi connectivity index (χ0v) is 15.3. The van der Waals surface area contributed by atoms with E-state index in [0.29, 0.717) is 0 Å². The molecule has 106 valence electrons. The SMILES string of the molecule is O=C(O)CC(CC(=O)O)(C(=O)O)C(C(=O)O)C(=O)O.[Na+].[Na+]. The monoisotopic (exact) mass is 324 g/mol. The molecule has 0 aromatic rings. The van der Waals surface area contributed by atoms with Crippen molar-refractivity contribution < 1.29 is 109 Å². The number of rotatable bonds is 8. The summed E-state index contributed by atoms with van der Waals surface area (Å²) in [6.07, 6.45) is -2.89. The van der Waals surface area contributed by atoms with Crippen LogP contribution in [0.25, 0.3) is 0 Å². The fourth-order valence-electron chi connectivity index (χ4n) is 1.66. The van der Waals surface area contributed by atoms with E-state index in [9.17, 15) is 24.0 Å². The zero-order chi connectivity index (χ0) is 15.4. The Balaban J connectivity index is -0.00000162. The molecule has 0 bridgehead atoms. The van der Waals surface area contributed by atoms with E-state index in [1.165, 1.54) is 0 Å². The smallest absolute Gasteiger partial charge is 0.481 e. The molecule has 0 heterocycles. The maximum Gasteiger partial charge on any atom is 1.00 e. The minimum atomic E-state index is -2.98. The molecule has 0 amide bonds. The summed E-state index contributed by atoms with van der Waals surface area (Å²) in [5.41, 5.74) is -2.98. The van der Waals surface area contributed by atoms with E-state index in [-0.39, 0.29) is 59.1 Å². The number of carboxylic acid groups (broad SMARTS) is 5. The Kier molecular flexibility index (Phi) is 12.2. The summed E-state index contributed by atoms with van der Waals surface area (Å²) in [7, 11) is 0. The molecule has 5 N–H and O–H groups in total. The minimum absolute atomic E-state index is 0. The van der Waals surface area contributed by atoms with Gasteiger partial charge in [0.2, 0.25) is 0 Å². The third-order valence-corrected chi connectivity index (χ3v) is 2.41. The van der Waals surface area contributed by atoms with Gasteiger partial charge in [-0.15, -0.1) is 0 Å². The average Bonchev–Trinajstić information content (AvgIpc) is 2.12. The first-order valence-corrected chi connectivity index (χ1v) is 4.67. The Morgan fingerprint density at radius 1 is 0.714 bits per heavy atom. The van der Waals surface area contributed by atoms with E-state index >= 15 is 0 Å². The van der Waals surface area contributed by atoms with Crippen molar-refractivity contribution in [3.05, 3.63) is 0 Å². The molecule has 10 nitrogen and oxygen atoms in total.